The van der Waals surface area contributed by atoms with Crippen molar-refractivity contribution < 1.29 is 13.6 Å². The maximum absolute atomic E-state index is 13.2. The van der Waals surface area contributed by atoms with Gasteiger partial charge in [-0.25, -0.2) is 0 Å². The highest BCUT2D eigenvalue weighted by molar-refractivity contribution is 7.54. The highest BCUT2D eigenvalue weighted by atomic mass is 31.2. The molecule has 0 amide bonds. The lowest BCUT2D eigenvalue weighted by Crippen LogP contribution is -2.15. The smallest absolute Gasteiger partial charge is 0.307 e. The molecule has 0 bridgehead atoms. The molecule has 0 heterocycles. The van der Waals surface area contributed by atoms with E-state index in [0.29, 0.717) is 19.6 Å². The first kappa shape index (κ1) is 18.6. The minimum absolute atomic E-state index is 0.323. The highest BCUT2D eigenvalue weighted by Gasteiger charge is 2.35. The summed E-state index contributed by atoms with van der Waals surface area (Å²) >= 11 is 0. The Labute approximate surface area is 144 Å². The van der Waals surface area contributed by atoms with Crippen molar-refractivity contribution in [1.82, 2.24) is 0 Å². The fraction of sp³-hybridized carbons (Fsp3) is 0.316. The molecule has 5 heteroatoms. The topological polar surface area (TPSA) is 47.9 Å². The first-order chi connectivity index (χ1) is 11.7. The molecule has 2 aromatic carbocycles. The van der Waals surface area contributed by atoms with Crippen LogP contribution in [0.2, 0.25) is 0 Å². The van der Waals surface area contributed by atoms with Crippen molar-refractivity contribution >= 4 is 13.8 Å². The van der Waals surface area contributed by atoms with Crippen LogP contribution in [0.3, 0.4) is 0 Å². The van der Waals surface area contributed by atoms with E-state index in [1.807, 2.05) is 74.5 Å². The van der Waals surface area contributed by atoms with Crippen LogP contribution < -0.4 is 0 Å². The lowest BCUT2D eigenvalue weighted by Gasteiger charge is -2.23. The third kappa shape index (κ3) is 5.41. The summed E-state index contributed by atoms with van der Waals surface area (Å²) in [6.45, 7) is 4.27. The molecule has 0 N–H and O–H groups in total. The summed E-state index contributed by atoms with van der Waals surface area (Å²) in [6, 6.07) is 19.6. The molecule has 0 aliphatic rings. The second-order valence-electron chi connectivity index (χ2n) is 5.23. The number of benzene rings is 2. The van der Waals surface area contributed by atoms with E-state index in [9.17, 15) is 4.57 Å². The molecule has 0 fully saturated rings. The number of rotatable bonds is 9. The first-order valence-corrected chi connectivity index (χ1v) is 9.80. The van der Waals surface area contributed by atoms with Crippen LogP contribution in [0.25, 0.3) is 0 Å². The summed E-state index contributed by atoms with van der Waals surface area (Å²) in [5.74, 6) is -0.569. The van der Waals surface area contributed by atoms with Crippen molar-refractivity contribution in [3.8, 4) is 0 Å². The SMILES string of the molecule is CCOP(=O)(OCC)C(Cc1ccccc1)/N=C/c1ccccc1. The Morgan fingerprint density at radius 3 is 2.04 bits per heavy atom. The fourth-order valence-corrected chi connectivity index (χ4v) is 4.15. The molecule has 4 nitrogen and oxygen atoms in total. The van der Waals surface area contributed by atoms with Gasteiger partial charge >= 0.3 is 7.60 Å². The minimum atomic E-state index is -3.33. The van der Waals surface area contributed by atoms with Crippen molar-refractivity contribution in [2.45, 2.75) is 26.1 Å². The molecule has 0 aromatic heterocycles. The molecule has 1 unspecified atom stereocenters. The van der Waals surface area contributed by atoms with Gasteiger partial charge in [0.25, 0.3) is 0 Å². The Morgan fingerprint density at radius 2 is 1.50 bits per heavy atom. The van der Waals surface area contributed by atoms with Gasteiger partial charge in [-0.05, 0) is 25.0 Å². The Morgan fingerprint density at radius 1 is 0.958 bits per heavy atom. The second-order valence-corrected chi connectivity index (χ2v) is 7.43. The molecule has 0 aliphatic heterocycles. The van der Waals surface area contributed by atoms with Crippen LogP contribution in [0.1, 0.15) is 25.0 Å². The summed E-state index contributed by atoms with van der Waals surface area (Å²) in [5, 5.41) is 0. The van der Waals surface area contributed by atoms with Gasteiger partial charge in [-0.2, -0.15) is 0 Å². The molecule has 0 radical (unpaired) electrons. The zero-order valence-corrected chi connectivity index (χ0v) is 15.1. The lowest BCUT2D eigenvalue weighted by molar-refractivity contribution is 0.212. The Hall–Kier alpha value is -1.74. The average molecular weight is 345 g/mol. The molecule has 2 rings (SSSR count). The van der Waals surface area contributed by atoms with Gasteiger partial charge in [0, 0.05) is 12.6 Å². The van der Waals surface area contributed by atoms with E-state index in [2.05, 4.69) is 4.99 Å². The molecule has 0 spiro atoms. The molecule has 0 saturated heterocycles. The third-order valence-electron chi connectivity index (χ3n) is 3.44. The third-order valence-corrected chi connectivity index (χ3v) is 5.72. The molecule has 24 heavy (non-hydrogen) atoms. The Balaban J connectivity index is 2.29. The van der Waals surface area contributed by atoms with Gasteiger partial charge in [0.2, 0.25) is 0 Å². The van der Waals surface area contributed by atoms with Crippen LogP contribution in [0.5, 0.6) is 0 Å². The van der Waals surface area contributed by atoms with E-state index < -0.39 is 13.4 Å². The van der Waals surface area contributed by atoms with Gasteiger partial charge < -0.3 is 9.05 Å². The summed E-state index contributed by atoms with van der Waals surface area (Å²) in [6.07, 6.45) is 2.24. The van der Waals surface area contributed by atoms with E-state index >= 15 is 0 Å². The average Bonchev–Trinajstić information content (AvgIpc) is 2.61. The van der Waals surface area contributed by atoms with E-state index in [4.69, 9.17) is 9.05 Å². The van der Waals surface area contributed by atoms with Crippen LogP contribution >= 0.6 is 7.60 Å². The molecule has 128 valence electrons. The summed E-state index contributed by atoms with van der Waals surface area (Å²) in [4.78, 5) is 4.56. The van der Waals surface area contributed by atoms with Crippen molar-refractivity contribution in [1.29, 1.82) is 0 Å². The van der Waals surface area contributed by atoms with Crippen LogP contribution in [0, 0.1) is 0 Å². The van der Waals surface area contributed by atoms with Gasteiger partial charge in [-0.1, -0.05) is 60.7 Å². The van der Waals surface area contributed by atoms with E-state index in [0.717, 1.165) is 11.1 Å². The number of aliphatic imine (C=N–C) groups is 1. The molecule has 0 aliphatic carbocycles. The van der Waals surface area contributed by atoms with Gasteiger partial charge in [0.05, 0.1) is 13.2 Å². The number of hydrogen-bond donors (Lipinski definition) is 0. The number of nitrogens with zero attached hydrogens (tertiary/aromatic N) is 1. The Kier molecular flexibility index (Phi) is 7.38. The zero-order chi connectivity index (χ0) is 17.3. The normalized spacial score (nSPS) is 13.2. The minimum Gasteiger partial charge on any atom is -0.307 e. The van der Waals surface area contributed by atoms with Gasteiger partial charge in [-0.3, -0.25) is 9.56 Å². The molecule has 2 aromatic rings. The molecular formula is C19H24NO3P. The predicted molar refractivity (Wildman–Crippen MR) is 98.8 cm³/mol. The van der Waals surface area contributed by atoms with Crippen molar-refractivity contribution in [2.24, 2.45) is 4.99 Å². The van der Waals surface area contributed by atoms with Crippen molar-refractivity contribution in [3.63, 3.8) is 0 Å². The summed E-state index contributed by atoms with van der Waals surface area (Å²) < 4.78 is 24.2. The first-order valence-electron chi connectivity index (χ1n) is 8.19. The standard InChI is InChI=1S/C19H24NO3P/c1-3-22-24(21,23-4-2)19(15-17-11-7-5-8-12-17)20-16-18-13-9-6-10-14-18/h5-14,16,19H,3-4,15H2,1-2H3/b20-16+. The van der Waals surface area contributed by atoms with E-state index in [1.165, 1.54) is 0 Å². The molecular weight excluding hydrogens is 321 g/mol. The lowest BCUT2D eigenvalue weighted by atomic mass is 10.1. The van der Waals surface area contributed by atoms with E-state index in [1.54, 1.807) is 6.21 Å². The van der Waals surface area contributed by atoms with Gasteiger partial charge in [0.15, 0.2) is 5.78 Å². The monoisotopic (exact) mass is 345 g/mol. The highest BCUT2D eigenvalue weighted by Crippen LogP contribution is 2.54. The number of hydrogen-bond acceptors (Lipinski definition) is 4. The molecule has 1 atom stereocenters. The second kappa shape index (κ2) is 9.53. The fourth-order valence-electron chi connectivity index (χ4n) is 2.35. The quantitative estimate of drug-likeness (QED) is 0.478. The zero-order valence-electron chi connectivity index (χ0n) is 14.2. The van der Waals surface area contributed by atoms with E-state index in [-0.39, 0.29) is 0 Å². The Bertz CT molecular complexity index is 664. The van der Waals surface area contributed by atoms with Gasteiger partial charge in [0.1, 0.15) is 0 Å². The van der Waals surface area contributed by atoms with Crippen molar-refractivity contribution in [3.05, 3.63) is 71.8 Å². The molecule has 0 saturated carbocycles. The largest absolute Gasteiger partial charge is 0.355 e. The summed E-state index contributed by atoms with van der Waals surface area (Å²) in [7, 11) is -3.33. The van der Waals surface area contributed by atoms with Crippen LogP contribution in [-0.2, 0) is 20.0 Å². The van der Waals surface area contributed by atoms with Gasteiger partial charge in [-0.15, -0.1) is 0 Å². The maximum Gasteiger partial charge on any atom is 0.355 e. The van der Waals surface area contributed by atoms with Crippen LogP contribution in [0.4, 0.5) is 0 Å². The predicted octanol–water partition coefficient (Wildman–Crippen LogP) is 4.94. The summed E-state index contributed by atoms with van der Waals surface area (Å²) in [5.41, 5.74) is 2.00. The van der Waals surface area contributed by atoms with Crippen molar-refractivity contribution in [2.75, 3.05) is 13.2 Å². The van der Waals surface area contributed by atoms with Crippen LogP contribution in [-0.4, -0.2) is 25.2 Å². The maximum atomic E-state index is 13.2. The van der Waals surface area contributed by atoms with Crippen LogP contribution in [0.15, 0.2) is 65.7 Å².